The highest BCUT2D eigenvalue weighted by Crippen LogP contribution is 2.18. The summed E-state index contributed by atoms with van der Waals surface area (Å²) in [6.07, 6.45) is 2.49. The van der Waals surface area contributed by atoms with E-state index < -0.39 is 0 Å². The minimum absolute atomic E-state index is 0.0972. The van der Waals surface area contributed by atoms with E-state index in [1.54, 1.807) is 36.1 Å². The van der Waals surface area contributed by atoms with Crippen LogP contribution in [0.3, 0.4) is 0 Å². The van der Waals surface area contributed by atoms with Crippen molar-refractivity contribution in [3.05, 3.63) is 70.3 Å². The molecule has 3 aromatic rings. The van der Waals surface area contributed by atoms with Crippen LogP contribution >= 0.6 is 0 Å². The molecule has 7 nitrogen and oxygen atoms in total. The SMILES string of the molecule is CCC(NC(=O)c1ccc(-c2ccc(=O)n(C)n2)cc1)c1ccnn1C. The van der Waals surface area contributed by atoms with Crippen molar-refractivity contribution in [1.29, 1.82) is 0 Å². The second kappa shape index (κ2) is 7.35. The van der Waals surface area contributed by atoms with Gasteiger partial charge in [-0.3, -0.25) is 14.3 Å². The van der Waals surface area contributed by atoms with Gasteiger partial charge in [0.2, 0.25) is 0 Å². The number of nitrogens with one attached hydrogen (secondary N) is 1. The molecule has 3 rings (SSSR count). The van der Waals surface area contributed by atoms with Crippen molar-refractivity contribution in [2.24, 2.45) is 14.1 Å². The molecule has 134 valence electrons. The largest absolute Gasteiger partial charge is 0.344 e. The Morgan fingerprint density at radius 2 is 1.81 bits per heavy atom. The number of amides is 1. The highest BCUT2D eigenvalue weighted by molar-refractivity contribution is 5.94. The van der Waals surface area contributed by atoms with Gasteiger partial charge in [-0.15, -0.1) is 0 Å². The molecule has 2 heterocycles. The zero-order chi connectivity index (χ0) is 18.7. The van der Waals surface area contributed by atoms with Gasteiger partial charge < -0.3 is 5.32 Å². The number of aromatic nitrogens is 4. The summed E-state index contributed by atoms with van der Waals surface area (Å²) in [4.78, 5) is 24.0. The Morgan fingerprint density at radius 1 is 1.08 bits per heavy atom. The third kappa shape index (κ3) is 3.56. The standard InChI is InChI=1S/C19H21N5O2/c1-4-15(17-11-12-20-23(17)2)21-19(26)14-7-5-13(6-8-14)16-9-10-18(25)24(3)22-16/h5-12,15H,4H2,1-3H3,(H,21,26). The molecule has 0 aliphatic carbocycles. The lowest BCUT2D eigenvalue weighted by Gasteiger charge is -2.17. The smallest absolute Gasteiger partial charge is 0.266 e. The minimum Gasteiger partial charge on any atom is -0.344 e. The van der Waals surface area contributed by atoms with Crippen LogP contribution in [0, 0.1) is 0 Å². The predicted octanol–water partition coefficient (Wildman–Crippen LogP) is 2.06. The van der Waals surface area contributed by atoms with Gasteiger partial charge in [0.1, 0.15) is 0 Å². The van der Waals surface area contributed by atoms with Gasteiger partial charge in [0.05, 0.1) is 17.4 Å². The zero-order valence-corrected chi connectivity index (χ0v) is 15.0. The van der Waals surface area contributed by atoms with Crippen LogP contribution in [0.15, 0.2) is 53.5 Å². The molecule has 1 aromatic carbocycles. The van der Waals surface area contributed by atoms with Crippen LogP contribution in [0.4, 0.5) is 0 Å². The number of rotatable bonds is 5. The average Bonchev–Trinajstić information content (AvgIpc) is 3.08. The molecule has 1 amide bonds. The van der Waals surface area contributed by atoms with Crippen molar-refractivity contribution in [2.75, 3.05) is 0 Å². The lowest BCUT2D eigenvalue weighted by molar-refractivity contribution is 0.0934. The Bertz CT molecular complexity index is 972. The van der Waals surface area contributed by atoms with E-state index in [-0.39, 0.29) is 17.5 Å². The van der Waals surface area contributed by atoms with Gasteiger partial charge in [0, 0.05) is 37.5 Å². The molecule has 1 atom stereocenters. The summed E-state index contributed by atoms with van der Waals surface area (Å²) in [5.74, 6) is -0.141. The van der Waals surface area contributed by atoms with Crippen LogP contribution in [0.25, 0.3) is 11.3 Å². The van der Waals surface area contributed by atoms with E-state index in [2.05, 4.69) is 15.5 Å². The van der Waals surface area contributed by atoms with Gasteiger partial charge in [-0.2, -0.15) is 10.2 Å². The molecule has 1 unspecified atom stereocenters. The second-order valence-corrected chi connectivity index (χ2v) is 6.07. The maximum absolute atomic E-state index is 12.6. The minimum atomic E-state index is -0.162. The van der Waals surface area contributed by atoms with Gasteiger partial charge in [0.25, 0.3) is 11.5 Å². The van der Waals surface area contributed by atoms with E-state index in [0.717, 1.165) is 17.7 Å². The molecule has 0 aliphatic heterocycles. The molecule has 7 heteroatoms. The number of benzene rings is 1. The lowest BCUT2D eigenvalue weighted by Crippen LogP contribution is -2.29. The number of carbonyl (C=O) groups excluding carboxylic acids is 1. The molecule has 0 fully saturated rings. The van der Waals surface area contributed by atoms with Gasteiger partial charge in [-0.05, 0) is 30.7 Å². The Morgan fingerprint density at radius 3 is 2.38 bits per heavy atom. The fourth-order valence-corrected chi connectivity index (χ4v) is 2.80. The lowest BCUT2D eigenvalue weighted by atomic mass is 10.1. The number of hydrogen-bond donors (Lipinski definition) is 1. The van der Waals surface area contributed by atoms with Gasteiger partial charge in [-0.25, -0.2) is 4.68 Å². The number of hydrogen-bond acceptors (Lipinski definition) is 4. The second-order valence-electron chi connectivity index (χ2n) is 6.07. The molecule has 2 aromatic heterocycles. The monoisotopic (exact) mass is 351 g/mol. The van der Waals surface area contributed by atoms with Gasteiger partial charge in [0.15, 0.2) is 0 Å². The molecule has 26 heavy (non-hydrogen) atoms. The van der Waals surface area contributed by atoms with Crippen molar-refractivity contribution in [2.45, 2.75) is 19.4 Å². The molecular weight excluding hydrogens is 330 g/mol. The fourth-order valence-electron chi connectivity index (χ4n) is 2.80. The van der Waals surface area contributed by atoms with Gasteiger partial charge in [-0.1, -0.05) is 19.1 Å². The molecule has 0 bridgehead atoms. The molecule has 0 radical (unpaired) electrons. The first-order chi connectivity index (χ1) is 12.5. The first kappa shape index (κ1) is 17.6. The molecule has 0 saturated carbocycles. The Balaban J connectivity index is 1.77. The maximum Gasteiger partial charge on any atom is 0.266 e. The van der Waals surface area contributed by atoms with Crippen LogP contribution in [0.1, 0.15) is 35.4 Å². The van der Waals surface area contributed by atoms with Crippen molar-refractivity contribution in [3.63, 3.8) is 0 Å². The quantitative estimate of drug-likeness (QED) is 0.763. The Hall–Kier alpha value is -3.22. The normalized spacial score (nSPS) is 12.0. The van der Waals surface area contributed by atoms with Crippen LogP contribution in [-0.4, -0.2) is 25.5 Å². The van der Waals surface area contributed by atoms with Crippen LogP contribution in [0.2, 0.25) is 0 Å². The van der Waals surface area contributed by atoms with Crippen LogP contribution in [-0.2, 0) is 14.1 Å². The summed E-state index contributed by atoms with van der Waals surface area (Å²) >= 11 is 0. The number of aryl methyl sites for hydroxylation is 2. The highest BCUT2D eigenvalue weighted by Gasteiger charge is 2.17. The van der Waals surface area contributed by atoms with E-state index >= 15 is 0 Å². The summed E-state index contributed by atoms with van der Waals surface area (Å²) in [6, 6.07) is 12.1. The maximum atomic E-state index is 12.6. The molecule has 1 N–H and O–H groups in total. The Kier molecular flexibility index (Phi) is 4.97. The predicted molar refractivity (Wildman–Crippen MR) is 98.6 cm³/mol. The first-order valence-electron chi connectivity index (χ1n) is 8.43. The summed E-state index contributed by atoms with van der Waals surface area (Å²) in [5.41, 5.74) is 2.90. The highest BCUT2D eigenvalue weighted by atomic mass is 16.1. The molecular formula is C19H21N5O2. The third-order valence-corrected chi connectivity index (χ3v) is 4.33. The topological polar surface area (TPSA) is 81.8 Å². The number of nitrogens with zero attached hydrogens (tertiary/aromatic N) is 4. The molecule has 0 saturated heterocycles. The van der Waals surface area contributed by atoms with Crippen molar-refractivity contribution in [3.8, 4) is 11.3 Å². The molecule has 0 spiro atoms. The average molecular weight is 351 g/mol. The zero-order valence-electron chi connectivity index (χ0n) is 15.0. The van der Waals surface area contributed by atoms with E-state index in [0.29, 0.717) is 11.3 Å². The van der Waals surface area contributed by atoms with E-state index in [1.807, 2.05) is 32.2 Å². The Labute approximate surface area is 151 Å². The number of carbonyl (C=O) groups is 1. The summed E-state index contributed by atoms with van der Waals surface area (Å²) in [6.45, 7) is 2.02. The third-order valence-electron chi connectivity index (χ3n) is 4.33. The summed E-state index contributed by atoms with van der Waals surface area (Å²) in [7, 11) is 3.47. The van der Waals surface area contributed by atoms with Gasteiger partial charge >= 0.3 is 0 Å². The van der Waals surface area contributed by atoms with E-state index in [9.17, 15) is 9.59 Å². The molecule has 0 aliphatic rings. The van der Waals surface area contributed by atoms with Crippen molar-refractivity contribution >= 4 is 5.91 Å². The van der Waals surface area contributed by atoms with Crippen molar-refractivity contribution in [1.82, 2.24) is 24.9 Å². The van der Waals surface area contributed by atoms with Crippen LogP contribution in [0.5, 0.6) is 0 Å². The fraction of sp³-hybridized carbons (Fsp3) is 0.263. The van der Waals surface area contributed by atoms with E-state index in [4.69, 9.17) is 0 Å². The van der Waals surface area contributed by atoms with Crippen LogP contribution < -0.4 is 10.9 Å². The van der Waals surface area contributed by atoms with E-state index in [1.165, 1.54) is 10.7 Å². The first-order valence-corrected chi connectivity index (χ1v) is 8.43. The van der Waals surface area contributed by atoms with Crippen molar-refractivity contribution < 1.29 is 4.79 Å². The summed E-state index contributed by atoms with van der Waals surface area (Å²) in [5, 5.41) is 11.4. The summed E-state index contributed by atoms with van der Waals surface area (Å²) < 4.78 is 3.05.